The van der Waals surface area contributed by atoms with E-state index in [-0.39, 0.29) is 11.9 Å². The van der Waals surface area contributed by atoms with Crippen molar-refractivity contribution in [1.82, 2.24) is 4.90 Å². The molecule has 1 amide bonds. The van der Waals surface area contributed by atoms with Crippen LogP contribution in [0, 0.1) is 0 Å². The molecule has 20 heavy (non-hydrogen) atoms. The molecule has 0 spiro atoms. The van der Waals surface area contributed by atoms with Gasteiger partial charge in [-0.25, -0.2) is 0 Å². The van der Waals surface area contributed by atoms with Crippen LogP contribution in [-0.2, 0) is 11.3 Å². The average Bonchev–Trinajstić information content (AvgIpc) is 2.42. The zero-order valence-electron chi connectivity index (χ0n) is 12.0. The molecule has 0 aliphatic carbocycles. The molecular formula is C14H19Cl2NO3. The second kappa shape index (κ2) is 7.60. The topological polar surface area (TPSA) is 38.8 Å². The lowest BCUT2D eigenvalue weighted by atomic mass is 10.1. The lowest BCUT2D eigenvalue weighted by Gasteiger charge is -2.28. The van der Waals surface area contributed by atoms with Gasteiger partial charge in [0.1, 0.15) is 0 Å². The van der Waals surface area contributed by atoms with Gasteiger partial charge in [-0.3, -0.25) is 4.79 Å². The van der Waals surface area contributed by atoms with Crippen molar-refractivity contribution in [2.45, 2.75) is 31.3 Å². The molecule has 112 valence electrons. The lowest BCUT2D eigenvalue weighted by molar-refractivity contribution is -0.131. The number of carbonyl (C=O) groups is 1. The molecule has 1 aromatic rings. The number of rotatable bonds is 6. The predicted molar refractivity (Wildman–Crippen MR) is 80.7 cm³/mol. The number of halogens is 2. The molecule has 0 atom stereocenters. The molecule has 0 unspecified atom stereocenters. The lowest BCUT2D eigenvalue weighted by Crippen LogP contribution is -2.39. The Bertz CT molecular complexity index is 464. The number of para-hydroxylation sites is 1. The maximum absolute atomic E-state index is 12.0. The van der Waals surface area contributed by atoms with E-state index in [0.29, 0.717) is 18.0 Å². The monoisotopic (exact) mass is 319 g/mol. The largest absolute Gasteiger partial charge is 0.493 e. The van der Waals surface area contributed by atoms with Gasteiger partial charge in [0.2, 0.25) is 0 Å². The quantitative estimate of drug-likeness (QED) is 0.755. The van der Waals surface area contributed by atoms with Crippen molar-refractivity contribution >= 4 is 29.1 Å². The van der Waals surface area contributed by atoms with Gasteiger partial charge in [0.15, 0.2) is 16.3 Å². The van der Waals surface area contributed by atoms with E-state index in [1.807, 2.05) is 26.0 Å². The number of carbonyl (C=O) groups excluding carboxylic acids is 1. The van der Waals surface area contributed by atoms with Gasteiger partial charge in [-0.1, -0.05) is 35.3 Å². The van der Waals surface area contributed by atoms with Crippen LogP contribution in [0.25, 0.3) is 0 Å². The third-order valence-electron chi connectivity index (χ3n) is 2.92. The summed E-state index contributed by atoms with van der Waals surface area (Å²) in [4.78, 5) is 12.6. The van der Waals surface area contributed by atoms with Crippen molar-refractivity contribution in [3.05, 3.63) is 23.8 Å². The maximum Gasteiger partial charge on any atom is 0.256 e. The van der Waals surface area contributed by atoms with E-state index >= 15 is 0 Å². The number of alkyl halides is 2. The Labute approximate surface area is 129 Å². The van der Waals surface area contributed by atoms with Gasteiger partial charge in [-0.05, 0) is 19.9 Å². The van der Waals surface area contributed by atoms with Crippen LogP contribution >= 0.6 is 23.2 Å². The fraction of sp³-hybridized carbons (Fsp3) is 0.500. The maximum atomic E-state index is 12.0. The molecular weight excluding hydrogens is 301 g/mol. The zero-order valence-corrected chi connectivity index (χ0v) is 13.5. The van der Waals surface area contributed by atoms with Crippen LogP contribution in [0.4, 0.5) is 0 Å². The van der Waals surface area contributed by atoms with Gasteiger partial charge in [0.25, 0.3) is 5.91 Å². The third-order valence-corrected chi connectivity index (χ3v) is 3.29. The highest BCUT2D eigenvalue weighted by Gasteiger charge is 2.24. The molecule has 0 radical (unpaired) electrons. The van der Waals surface area contributed by atoms with Gasteiger partial charge in [0, 0.05) is 18.2 Å². The Morgan fingerprint density at radius 2 is 1.90 bits per heavy atom. The summed E-state index contributed by atoms with van der Waals surface area (Å²) in [5.41, 5.74) is 0.836. The number of amides is 1. The minimum absolute atomic E-state index is 0.0293. The predicted octanol–water partition coefficient (Wildman–Crippen LogP) is 3.24. The summed E-state index contributed by atoms with van der Waals surface area (Å²) in [5.74, 6) is 0.900. The van der Waals surface area contributed by atoms with Crippen LogP contribution in [0.2, 0.25) is 0 Å². The summed E-state index contributed by atoms with van der Waals surface area (Å²) >= 11 is 11.4. The number of benzene rings is 1. The van der Waals surface area contributed by atoms with E-state index in [4.69, 9.17) is 32.7 Å². The Hall–Kier alpha value is -1.13. The van der Waals surface area contributed by atoms with Crippen molar-refractivity contribution in [1.29, 1.82) is 0 Å². The molecule has 0 fully saturated rings. The number of ether oxygens (including phenoxy) is 2. The highest BCUT2D eigenvalue weighted by atomic mass is 35.5. The smallest absolute Gasteiger partial charge is 0.256 e. The Balaban J connectivity index is 3.09. The van der Waals surface area contributed by atoms with E-state index in [1.165, 1.54) is 0 Å². The van der Waals surface area contributed by atoms with Crippen LogP contribution in [0.15, 0.2) is 18.2 Å². The fourth-order valence-electron chi connectivity index (χ4n) is 1.90. The van der Waals surface area contributed by atoms with Gasteiger partial charge in [0.05, 0.1) is 14.2 Å². The van der Waals surface area contributed by atoms with E-state index in [2.05, 4.69) is 0 Å². The molecule has 0 N–H and O–H groups in total. The van der Waals surface area contributed by atoms with E-state index in [9.17, 15) is 4.79 Å². The SMILES string of the molecule is COc1cccc(CN(C(=O)C(Cl)Cl)C(C)C)c1OC. The summed E-state index contributed by atoms with van der Waals surface area (Å²) < 4.78 is 10.6. The van der Waals surface area contributed by atoms with Gasteiger partial charge in [-0.15, -0.1) is 0 Å². The van der Waals surface area contributed by atoms with Crippen molar-refractivity contribution in [2.75, 3.05) is 14.2 Å². The first kappa shape index (κ1) is 16.9. The van der Waals surface area contributed by atoms with Crippen LogP contribution in [0.3, 0.4) is 0 Å². The molecule has 1 rings (SSSR count). The molecule has 0 saturated heterocycles. The van der Waals surface area contributed by atoms with Crippen LogP contribution < -0.4 is 9.47 Å². The Kier molecular flexibility index (Phi) is 6.43. The number of nitrogens with zero attached hydrogens (tertiary/aromatic N) is 1. The minimum atomic E-state index is -1.07. The van der Waals surface area contributed by atoms with Gasteiger partial charge >= 0.3 is 0 Å². The highest BCUT2D eigenvalue weighted by molar-refractivity contribution is 6.53. The second-order valence-corrected chi connectivity index (χ2v) is 5.61. The van der Waals surface area contributed by atoms with Crippen molar-refractivity contribution in [3.63, 3.8) is 0 Å². The first-order valence-electron chi connectivity index (χ1n) is 6.20. The van der Waals surface area contributed by atoms with Gasteiger partial charge in [-0.2, -0.15) is 0 Å². The van der Waals surface area contributed by atoms with Crippen LogP contribution in [-0.4, -0.2) is 35.9 Å². The minimum Gasteiger partial charge on any atom is -0.493 e. The molecule has 0 heterocycles. The Morgan fingerprint density at radius 3 is 2.35 bits per heavy atom. The van der Waals surface area contributed by atoms with E-state index < -0.39 is 4.84 Å². The standard InChI is InChI=1S/C14H19Cl2NO3/c1-9(2)17(14(18)13(15)16)8-10-6-5-7-11(19-3)12(10)20-4/h5-7,9,13H,8H2,1-4H3. The average molecular weight is 320 g/mol. The molecule has 4 nitrogen and oxygen atoms in total. The second-order valence-electron chi connectivity index (χ2n) is 4.51. The summed E-state index contributed by atoms with van der Waals surface area (Å²) in [6, 6.07) is 5.49. The molecule has 1 aromatic carbocycles. The third kappa shape index (κ3) is 3.93. The zero-order chi connectivity index (χ0) is 15.3. The normalized spacial score (nSPS) is 10.8. The fourth-order valence-corrected chi connectivity index (χ4v) is 2.15. The Morgan fingerprint density at radius 1 is 1.25 bits per heavy atom. The van der Waals surface area contributed by atoms with E-state index in [1.54, 1.807) is 25.2 Å². The van der Waals surface area contributed by atoms with Crippen molar-refractivity contribution in [2.24, 2.45) is 0 Å². The molecule has 0 bridgehead atoms. The molecule has 6 heteroatoms. The molecule has 0 aliphatic rings. The van der Waals surface area contributed by atoms with Crippen molar-refractivity contribution in [3.8, 4) is 11.5 Å². The van der Waals surface area contributed by atoms with Gasteiger partial charge < -0.3 is 14.4 Å². The molecule has 0 saturated carbocycles. The number of methoxy groups -OCH3 is 2. The highest BCUT2D eigenvalue weighted by Crippen LogP contribution is 2.32. The van der Waals surface area contributed by atoms with Crippen LogP contribution in [0.1, 0.15) is 19.4 Å². The molecule has 0 aromatic heterocycles. The number of hydrogen-bond acceptors (Lipinski definition) is 3. The summed E-state index contributed by atoms with van der Waals surface area (Å²) in [6.45, 7) is 4.16. The van der Waals surface area contributed by atoms with E-state index in [0.717, 1.165) is 5.56 Å². The van der Waals surface area contributed by atoms with Crippen LogP contribution in [0.5, 0.6) is 11.5 Å². The van der Waals surface area contributed by atoms with Crippen molar-refractivity contribution < 1.29 is 14.3 Å². The number of hydrogen-bond donors (Lipinski definition) is 0. The summed E-state index contributed by atoms with van der Waals surface area (Å²) in [6.07, 6.45) is 0. The summed E-state index contributed by atoms with van der Waals surface area (Å²) in [7, 11) is 3.13. The molecule has 0 aliphatic heterocycles. The first-order chi connectivity index (χ1) is 9.42. The first-order valence-corrected chi connectivity index (χ1v) is 7.08. The summed E-state index contributed by atoms with van der Waals surface area (Å²) in [5, 5.41) is 0.